The highest BCUT2D eigenvalue weighted by atomic mass is 16.5. The predicted octanol–water partition coefficient (Wildman–Crippen LogP) is 2.04. The molecule has 0 bridgehead atoms. The van der Waals surface area contributed by atoms with Gasteiger partial charge in [0.1, 0.15) is 17.1 Å². The number of Topliss-reactive ketones (excluding diaryl/α,β-unsaturated/α-hetero) is 1. The molecule has 3 rings (SSSR count). The molecule has 7 nitrogen and oxygen atoms in total. The van der Waals surface area contributed by atoms with Gasteiger partial charge in [0, 0.05) is 17.7 Å². The molecule has 0 radical (unpaired) electrons. The lowest BCUT2D eigenvalue weighted by atomic mass is 9.85. The fraction of sp³-hybridized carbons (Fsp3) is 0.312. The molecule has 0 unspecified atom stereocenters. The molecule has 1 aromatic heterocycles. The molecule has 1 amide bonds. The van der Waals surface area contributed by atoms with Crippen molar-refractivity contribution in [2.24, 2.45) is 0 Å². The van der Waals surface area contributed by atoms with Crippen LogP contribution in [0.25, 0.3) is 0 Å². The summed E-state index contributed by atoms with van der Waals surface area (Å²) in [5.74, 6) is 0.163. The lowest BCUT2D eigenvalue weighted by Crippen LogP contribution is -2.28. The van der Waals surface area contributed by atoms with Gasteiger partial charge in [0.2, 0.25) is 5.91 Å². The SMILES string of the molecule is COc1cccc(OC)c1C(=O)[C@H]1CC(=O)Nc2n[nH]c(C)c21. The summed E-state index contributed by atoms with van der Waals surface area (Å²) in [6.45, 7) is 1.82. The van der Waals surface area contributed by atoms with E-state index >= 15 is 0 Å². The molecule has 0 fully saturated rings. The van der Waals surface area contributed by atoms with Crippen LogP contribution in [-0.4, -0.2) is 36.1 Å². The number of aromatic nitrogens is 2. The summed E-state index contributed by atoms with van der Waals surface area (Å²) in [5, 5.41) is 9.54. The van der Waals surface area contributed by atoms with Crippen LogP contribution in [0, 0.1) is 6.92 Å². The Bertz CT molecular complexity index is 759. The molecule has 2 heterocycles. The fourth-order valence-corrected chi connectivity index (χ4v) is 2.92. The molecule has 1 aliphatic rings. The molecule has 2 aromatic rings. The summed E-state index contributed by atoms with van der Waals surface area (Å²) >= 11 is 0. The van der Waals surface area contributed by atoms with Crippen LogP contribution < -0.4 is 14.8 Å². The van der Waals surface area contributed by atoms with E-state index < -0.39 is 5.92 Å². The first-order chi connectivity index (χ1) is 11.1. The van der Waals surface area contributed by atoms with E-state index in [-0.39, 0.29) is 18.1 Å². The second-order valence-electron chi connectivity index (χ2n) is 5.32. The monoisotopic (exact) mass is 315 g/mol. The van der Waals surface area contributed by atoms with E-state index in [1.807, 2.05) is 6.92 Å². The van der Waals surface area contributed by atoms with Gasteiger partial charge >= 0.3 is 0 Å². The standard InChI is InChI=1S/C16H17N3O4/c1-8-13-9(7-12(20)17-16(13)19-18-8)15(21)14-10(22-2)5-4-6-11(14)23-3/h4-6,9H,7H2,1-3H3,(H2,17,18,19,20)/t9-/m0/s1. The molecule has 1 aliphatic heterocycles. The van der Waals surface area contributed by atoms with E-state index in [9.17, 15) is 9.59 Å². The minimum atomic E-state index is -0.623. The lowest BCUT2D eigenvalue weighted by Gasteiger charge is -2.23. The Morgan fingerprint density at radius 3 is 2.52 bits per heavy atom. The Kier molecular flexibility index (Phi) is 3.77. The van der Waals surface area contributed by atoms with E-state index in [2.05, 4.69) is 15.5 Å². The van der Waals surface area contributed by atoms with Crippen molar-refractivity contribution in [3.63, 3.8) is 0 Å². The van der Waals surface area contributed by atoms with Gasteiger partial charge < -0.3 is 14.8 Å². The van der Waals surface area contributed by atoms with E-state index in [1.165, 1.54) is 14.2 Å². The number of rotatable bonds is 4. The Hall–Kier alpha value is -2.83. The minimum absolute atomic E-state index is 0.0629. The number of fused-ring (bicyclic) bond motifs is 1. The largest absolute Gasteiger partial charge is 0.496 e. The molecule has 2 N–H and O–H groups in total. The molecule has 0 aliphatic carbocycles. The quantitative estimate of drug-likeness (QED) is 0.842. The highest BCUT2D eigenvalue weighted by molar-refractivity contribution is 6.10. The number of methoxy groups -OCH3 is 2. The molecule has 0 spiro atoms. The number of H-pyrrole nitrogens is 1. The van der Waals surface area contributed by atoms with Gasteiger partial charge in [-0.25, -0.2) is 0 Å². The summed E-state index contributed by atoms with van der Waals surface area (Å²) in [6.07, 6.45) is 0.0629. The third-order valence-electron chi connectivity index (χ3n) is 3.98. The van der Waals surface area contributed by atoms with Crippen LogP contribution in [0.1, 0.15) is 34.0 Å². The molecule has 0 saturated carbocycles. The number of anilines is 1. The van der Waals surface area contributed by atoms with Gasteiger partial charge in [0.25, 0.3) is 0 Å². The fourth-order valence-electron chi connectivity index (χ4n) is 2.92. The normalized spacial score (nSPS) is 16.5. The van der Waals surface area contributed by atoms with Crippen LogP contribution in [0.4, 0.5) is 5.82 Å². The number of amides is 1. The molecule has 7 heteroatoms. The Labute approximate surface area is 133 Å². The molecule has 0 saturated heterocycles. The second-order valence-corrected chi connectivity index (χ2v) is 5.32. The molecular formula is C16H17N3O4. The van der Waals surface area contributed by atoms with Gasteiger partial charge in [-0.2, -0.15) is 5.10 Å². The van der Waals surface area contributed by atoms with Crippen molar-refractivity contribution >= 4 is 17.5 Å². The van der Waals surface area contributed by atoms with Crippen molar-refractivity contribution in [3.05, 3.63) is 35.0 Å². The smallest absolute Gasteiger partial charge is 0.226 e. The Morgan fingerprint density at radius 2 is 1.91 bits per heavy atom. The molecule has 1 aromatic carbocycles. The van der Waals surface area contributed by atoms with E-state index in [4.69, 9.17) is 9.47 Å². The van der Waals surface area contributed by atoms with Crippen LogP contribution in [-0.2, 0) is 4.79 Å². The summed E-state index contributed by atoms with van der Waals surface area (Å²) in [6, 6.07) is 5.14. The third kappa shape index (κ3) is 2.44. The first-order valence-electron chi connectivity index (χ1n) is 7.16. The molecular weight excluding hydrogens is 298 g/mol. The maximum absolute atomic E-state index is 13.1. The molecule has 1 atom stereocenters. The highest BCUT2D eigenvalue weighted by Gasteiger charge is 2.36. The Balaban J connectivity index is 2.12. The number of aromatic amines is 1. The summed E-state index contributed by atoms with van der Waals surface area (Å²) < 4.78 is 10.6. The highest BCUT2D eigenvalue weighted by Crippen LogP contribution is 2.39. The van der Waals surface area contributed by atoms with E-state index in [0.29, 0.717) is 28.4 Å². The molecule has 120 valence electrons. The maximum atomic E-state index is 13.1. The van der Waals surface area contributed by atoms with Crippen LogP contribution in [0.15, 0.2) is 18.2 Å². The average molecular weight is 315 g/mol. The van der Waals surface area contributed by atoms with Gasteiger partial charge in [-0.1, -0.05) is 6.07 Å². The van der Waals surface area contributed by atoms with Crippen LogP contribution >= 0.6 is 0 Å². The lowest BCUT2D eigenvalue weighted by molar-refractivity contribution is -0.116. The number of nitrogens with zero attached hydrogens (tertiary/aromatic N) is 1. The topological polar surface area (TPSA) is 93.3 Å². The number of carbonyl (C=O) groups is 2. The van der Waals surface area contributed by atoms with Crippen molar-refractivity contribution in [1.29, 1.82) is 0 Å². The minimum Gasteiger partial charge on any atom is -0.496 e. The van der Waals surface area contributed by atoms with Gasteiger partial charge in [-0.15, -0.1) is 0 Å². The summed E-state index contributed by atoms with van der Waals surface area (Å²) in [5.41, 5.74) is 1.80. The maximum Gasteiger partial charge on any atom is 0.226 e. The number of ether oxygens (including phenoxy) is 2. The zero-order valence-electron chi connectivity index (χ0n) is 13.1. The first-order valence-corrected chi connectivity index (χ1v) is 7.16. The zero-order valence-corrected chi connectivity index (χ0v) is 13.1. The van der Waals surface area contributed by atoms with Crippen molar-refractivity contribution in [2.75, 3.05) is 19.5 Å². The van der Waals surface area contributed by atoms with Crippen molar-refractivity contribution < 1.29 is 19.1 Å². The average Bonchev–Trinajstić information content (AvgIpc) is 2.93. The molecule has 23 heavy (non-hydrogen) atoms. The van der Waals surface area contributed by atoms with E-state index in [0.717, 1.165) is 5.69 Å². The van der Waals surface area contributed by atoms with Crippen molar-refractivity contribution in [1.82, 2.24) is 10.2 Å². The number of nitrogens with one attached hydrogen (secondary N) is 2. The number of hydrogen-bond donors (Lipinski definition) is 2. The second kappa shape index (κ2) is 5.75. The first kappa shape index (κ1) is 15.1. The summed E-state index contributed by atoms with van der Waals surface area (Å²) in [7, 11) is 2.99. The predicted molar refractivity (Wildman–Crippen MR) is 83.2 cm³/mol. The van der Waals surface area contributed by atoms with Gasteiger partial charge in [0.15, 0.2) is 11.6 Å². The van der Waals surface area contributed by atoms with Gasteiger partial charge in [0.05, 0.1) is 20.1 Å². The third-order valence-corrected chi connectivity index (χ3v) is 3.98. The number of benzene rings is 1. The van der Waals surface area contributed by atoms with Crippen LogP contribution in [0.5, 0.6) is 11.5 Å². The number of aryl methyl sites for hydroxylation is 1. The van der Waals surface area contributed by atoms with Crippen molar-refractivity contribution in [3.8, 4) is 11.5 Å². The van der Waals surface area contributed by atoms with Gasteiger partial charge in [-0.05, 0) is 19.1 Å². The Morgan fingerprint density at radius 1 is 1.26 bits per heavy atom. The van der Waals surface area contributed by atoms with Crippen molar-refractivity contribution in [2.45, 2.75) is 19.3 Å². The van der Waals surface area contributed by atoms with E-state index in [1.54, 1.807) is 18.2 Å². The van der Waals surface area contributed by atoms with Gasteiger partial charge in [-0.3, -0.25) is 14.7 Å². The number of carbonyl (C=O) groups excluding carboxylic acids is 2. The summed E-state index contributed by atoms with van der Waals surface area (Å²) in [4.78, 5) is 25.0. The number of hydrogen-bond acceptors (Lipinski definition) is 5. The van der Waals surface area contributed by atoms with Crippen LogP contribution in [0.2, 0.25) is 0 Å². The zero-order chi connectivity index (χ0) is 16.6. The number of ketones is 1. The van der Waals surface area contributed by atoms with Crippen LogP contribution in [0.3, 0.4) is 0 Å².